The second-order valence-electron chi connectivity index (χ2n) is 5.51. The van der Waals surface area contributed by atoms with E-state index in [1.165, 1.54) is 16.2 Å². The zero-order valence-electron chi connectivity index (χ0n) is 12.2. The summed E-state index contributed by atoms with van der Waals surface area (Å²) in [5.41, 5.74) is -0.663. The van der Waals surface area contributed by atoms with E-state index in [1.807, 2.05) is 0 Å². The Morgan fingerprint density at radius 2 is 2.17 bits per heavy atom. The van der Waals surface area contributed by atoms with E-state index in [0.717, 1.165) is 12.3 Å². The molecule has 2 aromatic rings. The van der Waals surface area contributed by atoms with Crippen molar-refractivity contribution in [2.24, 2.45) is 0 Å². The van der Waals surface area contributed by atoms with Gasteiger partial charge in [0, 0.05) is 11.9 Å². The Bertz CT molecular complexity index is 735. The zero-order chi connectivity index (χ0) is 16.8. The number of halogens is 4. The van der Waals surface area contributed by atoms with Crippen LogP contribution in [0.5, 0.6) is 0 Å². The molecule has 10 heteroatoms. The predicted octanol–water partition coefficient (Wildman–Crippen LogP) is 3.65. The highest BCUT2D eigenvalue weighted by molar-refractivity contribution is 7.99. The van der Waals surface area contributed by atoms with E-state index >= 15 is 0 Å². The second-order valence-corrected chi connectivity index (χ2v) is 6.91. The Morgan fingerprint density at radius 1 is 1.43 bits per heavy atom. The third-order valence-electron chi connectivity index (χ3n) is 3.22. The number of thioether (sulfide) groups is 1. The van der Waals surface area contributed by atoms with Gasteiger partial charge >= 0.3 is 6.18 Å². The van der Waals surface area contributed by atoms with Crippen molar-refractivity contribution in [3.8, 4) is 0 Å². The molecule has 1 atom stereocenters. The molecule has 23 heavy (non-hydrogen) atoms. The first-order valence-corrected chi connectivity index (χ1v) is 8.08. The fourth-order valence-corrected chi connectivity index (χ4v) is 3.32. The molecule has 1 aliphatic heterocycles. The third kappa shape index (κ3) is 3.57. The van der Waals surface area contributed by atoms with Gasteiger partial charge in [0.25, 0.3) is 0 Å². The number of ether oxygens (including phenoxy) is 2. The molecule has 0 unspecified atom stereocenters. The van der Waals surface area contributed by atoms with E-state index in [-0.39, 0.29) is 16.8 Å². The van der Waals surface area contributed by atoms with Crippen LogP contribution in [0.1, 0.15) is 19.4 Å². The molecule has 1 aliphatic rings. The fourth-order valence-electron chi connectivity index (χ4n) is 2.20. The number of rotatable bonds is 3. The average molecular weight is 368 g/mol. The van der Waals surface area contributed by atoms with Crippen molar-refractivity contribution in [3.05, 3.63) is 22.8 Å². The summed E-state index contributed by atoms with van der Waals surface area (Å²) in [5, 5.41) is 7.96. The molecule has 1 saturated heterocycles. The van der Waals surface area contributed by atoms with Crippen molar-refractivity contribution in [1.82, 2.24) is 14.6 Å². The standard InChI is InChI=1S/C13H13ClF3N3O2S/c1-12(2)21-5-8(22-12)6-23-11-19-18-10-9(14)3-7(4-20(10)11)13(15,16)17/h3-4,8H,5-6H2,1-2H3/t8-/m1/s1. The molecule has 2 aromatic heterocycles. The lowest BCUT2D eigenvalue weighted by Gasteiger charge is -2.16. The predicted molar refractivity (Wildman–Crippen MR) is 78.6 cm³/mol. The Morgan fingerprint density at radius 3 is 2.78 bits per heavy atom. The number of nitrogens with zero attached hydrogens (tertiary/aromatic N) is 3. The van der Waals surface area contributed by atoms with E-state index < -0.39 is 17.5 Å². The monoisotopic (exact) mass is 367 g/mol. The maximum Gasteiger partial charge on any atom is 0.417 e. The van der Waals surface area contributed by atoms with Gasteiger partial charge in [0.15, 0.2) is 16.6 Å². The molecule has 0 aliphatic carbocycles. The summed E-state index contributed by atoms with van der Waals surface area (Å²) in [6.45, 7) is 4.03. The molecule has 3 rings (SSSR count). The normalized spacial score (nSPS) is 21.2. The minimum Gasteiger partial charge on any atom is -0.348 e. The lowest BCUT2D eigenvalue weighted by Crippen LogP contribution is -2.22. The number of aromatic nitrogens is 3. The van der Waals surface area contributed by atoms with Crippen LogP contribution in [0.2, 0.25) is 5.02 Å². The molecule has 0 spiro atoms. The Kier molecular flexibility index (Phi) is 4.24. The molecular weight excluding hydrogens is 355 g/mol. The van der Waals surface area contributed by atoms with Crippen molar-refractivity contribution in [2.75, 3.05) is 12.4 Å². The van der Waals surface area contributed by atoms with E-state index in [2.05, 4.69) is 10.2 Å². The highest BCUT2D eigenvalue weighted by atomic mass is 35.5. The largest absolute Gasteiger partial charge is 0.417 e. The Labute approximate surface area is 139 Å². The first-order valence-electron chi connectivity index (χ1n) is 6.72. The van der Waals surface area contributed by atoms with Crippen LogP contribution >= 0.6 is 23.4 Å². The summed E-state index contributed by atoms with van der Waals surface area (Å²) in [5.74, 6) is -0.164. The zero-order valence-corrected chi connectivity index (χ0v) is 13.8. The summed E-state index contributed by atoms with van der Waals surface area (Å²) in [4.78, 5) is 0. The summed E-state index contributed by atoms with van der Waals surface area (Å²) in [7, 11) is 0. The summed E-state index contributed by atoms with van der Waals surface area (Å²) in [6, 6.07) is 0.844. The number of alkyl halides is 3. The van der Waals surface area contributed by atoms with Crippen LogP contribution in [0.3, 0.4) is 0 Å². The van der Waals surface area contributed by atoms with Crippen LogP contribution in [0.25, 0.3) is 5.65 Å². The molecule has 5 nitrogen and oxygen atoms in total. The Balaban J connectivity index is 1.83. The molecule has 126 valence electrons. The topological polar surface area (TPSA) is 48.7 Å². The molecule has 3 heterocycles. The highest BCUT2D eigenvalue weighted by Gasteiger charge is 2.34. The second kappa shape index (κ2) is 5.80. The van der Waals surface area contributed by atoms with Gasteiger partial charge in [0.05, 0.1) is 23.3 Å². The van der Waals surface area contributed by atoms with Gasteiger partial charge in [0.2, 0.25) is 0 Å². The van der Waals surface area contributed by atoms with Crippen LogP contribution in [-0.2, 0) is 15.7 Å². The van der Waals surface area contributed by atoms with Crippen LogP contribution in [0.4, 0.5) is 13.2 Å². The van der Waals surface area contributed by atoms with Gasteiger partial charge in [0.1, 0.15) is 0 Å². The Hall–Kier alpha value is -1.03. The molecular formula is C13H13ClF3N3O2S. The maximum absolute atomic E-state index is 12.9. The fraction of sp³-hybridized carbons (Fsp3) is 0.538. The molecule has 0 radical (unpaired) electrons. The van der Waals surface area contributed by atoms with Crippen molar-refractivity contribution in [3.63, 3.8) is 0 Å². The number of hydrogen-bond acceptors (Lipinski definition) is 5. The molecule has 0 N–H and O–H groups in total. The first-order chi connectivity index (χ1) is 10.7. The summed E-state index contributed by atoms with van der Waals surface area (Å²) >= 11 is 7.11. The van der Waals surface area contributed by atoms with Crippen molar-refractivity contribution < 1.29 is 22.6 Å². The van der Waals surface area contributed by atoms with Crippen molar-refractivity contribution >= 4 is 29.0 Å². The van der Waals surface area contributed by atoms with Gasteiger partial charge in [-0.1, -0.05) is 23.4 Å². The molecule has 0 aromatic carbocycles. The lowest BCUT2D eigenvalue weighted by atomic mass is 10.3. The quantitative estimate of drug-likeness (QED) is 0.775. The van der Waals surface area contributed by atoms with Gasteiger partial charge in [-0.2, -0.15) is 13.2 Å². The minimum atomic E-state index is -4.49. The van der Waals surface area contributed by atoms with Gasteiger partial charge in [-0.25, -0.2) is 0 Å². The van der Waals surface area contributed by atoms with E-state index in [9.17, 15) is 13.2 Å². The summed E-state index contributed by atoms with van der Waals surface area (Å²) < 4.78 is 51.0. The maximum atomic E-state index is 12.9. The van der Waals surface area contributed by atoms with Gasteiger partial charge in [-0.05, 0) is 19.9 Å². The van der Waals surface area contributed by atoms with Crippen LogP contribution in [-0.4, -0.2) is 38.8 Å². The summed E-state index contributed by atoms with van der Waals surface area (Å²) in [6.07, 6.45) is -3.71. The molecule has 1 fully saturated rings. The number of hydrogen-bond donors (Lipinski definition) is 0. The minimum absolute atomic E-state index is 0.0965. The first kappa shape index (κ1) is 16.8. The van der Waals surface area contributed by atoms with Crippen LogP contribution in [0.15, 0.2) is 17.4 Å². The lowest BCUT2D eigenvalue weighted by molar-refractivity contribution is -0.138. The molecule has 0 saturated carbocycles. The third-order valence-corrected chi connectivity index (χ3v) is 4.57. The van der Waals surface area contributed by atoms with Gasteiger partial charge < -0.3 is 9.47 Å². The van der Waals surface area contributed by atoms with Gasteiger partial charge in [-0.15, -0.1) is 10.2 Å². The van der Waals surface area contributed by atoms with Crippen molar-refractivity contribution in [1.29, 1.82) is 0 Å². The molecule has 0 bridgehead atoms. The molecule has 0 amide bonds. The van der Waals surface area contributed by atoms with E-state index in [0.29, 0.717) is 17.5 Å². The smallest absolute Gasteiger partial charge is 0.348 e. The van der Waals surface area contributed by atoms with Gasteiger partial charge in [-0.3, -0.25) is 4.40 Å². The van der Waals surface area contributed by atoms with Crippen LogP contribution < -0.4 is 0 Å². The highest BCUT2D eigenvalue weighted by Crippen LogP contribution is 2.34. The van der Waals surface area contributed by atoms with E-state index in [1.54, 1.807) is 13.8 Å². The van der Waals surface area contributed by atoms with Crippen LogP contribution in [0, 0.1) is 0 Å². The average Bonchev–Trinajstić information content (AvgIpc) is 2.99. The number of pyridine rings is 1. The SMILES string of the molecule is CC1(C)OC[C@H](CSc2nnc3c(Cl)cc(C(F)(F)F)cn23)O1. The number of fused-ring (bicyclic) bond motifs is 1. The van der Waals surface area contributed by atoms with Crippen molar-refractivity contribution in [2.45, 2.75) is 37.1 Å². The van der Waals surface area contributed by atoms with E-state index in [4.69, 9.17) is 21.1 Å².